The van der Waals surface area contributed by atoms with Crippen LogP contribution in [-0.4, -0.2) is 29.2 Å². The van der Waals surface area contributed by atoms with Gasteiger partial charge in [-0.3, -0.25) is 4.79 Å². The van der Waals surface area contributed by atoms with E-state index in [0.717, 1.165) is 19.3 Å². The lowest BCUT2D eigenvalue weighted by Gasteiger charge is -2.32. The first-order valence-corrected chi connectivity index (χ1v) is 7.30. The van der Waals surface area contributed by atoms with E-state index in [1.54, 1.807) is 0 Å². The second-order valence-corrected chi connectivity index (χ2v) is 6.06. The third-order valence-electron chi connectivity index (χ3n) is 5.03. The van der Waals surface area contributed by atoms with E-state index in [1.165, 1.54) is 12.0 Å². The molecule has 19 heavy (non-hydrogen) atoms. The lowest BCUT2D eigenvalue weighted by atomic mass is 10.0. The first kappa shape index (κ1) is 11.5. The minimum Gasteiger partial charge on any atom is -0.353 e. The Morgan fingerprint density at radius 3 is 3.00 bits per heavy atom. The van der Waals surface area contributed by atoms with Gasteiger partial charge in [0, 0.05) is 12.3 Å². The van der Waals surface area contributed by atoms with Gasteiger partial charge < -0.3 is 9.64 Å². The molecule has 3 atom stereocenters. The van der Waals surface area contributed by atoms with Crippen molar-refractivity contribution in [3.63, 3.8) is 0 Å². The second-order valence-electron chi connectivity index (χ2n) is 6.06. The fraction of sp³-hybridized carbons (Fsp3) is 0.562. The van der Waals surface area contributed by atoms with E-state index in [9.17, 15) is 4.79 Å². The molecule has 3 aliphatic rings. The maximum atomic E-state index is 12.3. The molecular weight excluding hydrogens is 238 g/mol. The van der Waals surface area contributed by atoms with E-state index in [0.29, 0.717) is 24.9 Å². The van der Waals surface area contributed by atoms with Gasteiger partial charge in [0.25, 0.3) is 0 Å². The molecule has 3 fully saturated rings. The van der Waals surface area contributed by atoms with Crippen LogP contribution in [0.4, 0.5) is 0 Å². The van der Waals surface area contributed by atoms with Gasteiger partial charge in [-0.2, -0.15) is 0 Å². The summed E-state index contributed by atoms with van der Waals surface area (Å²) in [6, 6.07) is 10.7. The first-order chi connectivity index (χ1) is 9.29. The van der Waals surface area contributed by atoms with E-state index in [2.05, 4.69) is 29.2 Å². The summed E-state index contributed by atoms with van der Waals surface area (Å²) in [5, 5.41) is 0. The molecule has 2 heterocycles. The SMILES string of the molecule is O=C1C[C@@H]2CCC[C@@]23OC[C@H](Cc2ccccc2)N13. The molecule has 1 aliphatic carbocycles. The molecule has 2 saturated heterocycles. The monoisotopic (exact) mass is 257 g/mol. The van der Waals surface area contributed by atoms with Crippen LogP contribution < -0.4 is 0 Å². The molecule has 3 heteroatoms. The minimum atomic E-state index is -0.226. The zero-order valence-electron chi connectivity index (χ0n) is 11.0. The van der Waals surface area contributed by atoms with Crippen LogP contribution >= 0.6 is 0 Å². The van der Waals surface area contributed by atoms with Gasteiger partial charge in [0.1, 0.15) is 5.72 Å². The van der Waals surface area contributed by atoms with Gasteiger partial charge in [0.15, 0.2) is 0 Å². The second kappa shape index (κ2) is 4.07. The average Bonchev–Trinajstić information content (AvgIpc) is 3.03. The van der Waals surface area contributed by atoms with Crippen molar-refractivity contribution in [1.29, 1.82) is 0 Å². The number of rotatable bonds is 2. The van der Waals surface area contributed by atoms with Gasteiger partial charge in [-0.15, -0.1) is 0 Å². The zero-order valence-corrected chi connectivity index (χ0v) is 11.0. The van der Waals surface area contributed by atoms with Crippen LogP contribution in [0.5, 0.6) is 0 Å². The Kier molecular flexibility index (Phi) is 2.46. The van der Waals surface area contributed by atoms with Gasteiger partial charge in [0.2, 0.25) is 5.91 Å². The summed E-state index contributed by atoms with van der Waals surface area (Å²) in [5.74, 6) is 0.754. The van der Waals surface area contributed by atoms with Crippen LogP contribution in [0.3, 0.4) is 0 Å². The van der Waals surface area contributed by atoms with E-state index in [-0.39, 0.29) is 11.8 Å². The highest BCUT2D eigenvalue weighted by Crippen LogP contribution is 2.52. The van der Waals surface area contributed by atoms with Crippen LogP contribution in [0.1, 0.15) is 31.2 Å². The van der Waals surface area contributed by atoms with Crippen molar-refractivity contribution in [3.05, 3.63) is 35.9 Å². The highest BCUT2D eigenvalue weighted by molar-refractivity contribution is 5.81. The number of hydrogen-bond acceptors (Lipinski definition) is 2. The smallest absolute Gasteiger partial charge is 0.225 e. The predicted octanol–water partition coefficient (Wildman–Crippen LogP) is 2.36. The van der Waals surface area contributed by atoms with Gasteiger partial charge in [-0.1, -0.05) is 30.3 Å². The van der Waals surface area contributed by atoms with Gasteiger partial charge in [-0.25, -0.2) is 0 Å². The lowest BCUT2D eigenvalue weighted by molar-refractivity contribution is -0.139. The van der Waals surface area contributed by atoms with Crippen LogP contribution in [0.15, 0.2) is 30.3 Å². The first-order valence-electron chi connectivity index (χ1n) is 7.30. The largest absolute Gasteiger partial charge is 0.353 e. The summed E-state index contributed by atoms with van der Waals surface area (Å²) < 4.78 is 6.15. The number of amides is 1. The maximum absolute atomic E-state index is 12.3. The van der Waals surface area contributed by atoms with Gasteiger partial charge >= 0.3 is 0 Å². The molecule has 0 radical (unpaired) electrons. The molecule has 0 bridgehead atoms. The van der Waals surface area contributed by atoms with Crippen molar-refractivity contribution in [1.82, 2.24) is 4.90 Å². The van der Waals surface area contributed by atoms with E-state index in [1.807, 2.05) is 6.07 Å². The van der Waals surface area contributed by atoms with Crippen molar-refractivity contribution in [2.45, 2.75) is 43.9 Å². The molecule has 0 unspecified atom stereocenters. The summed E-state index contributed by atoms with van der Waals surface area (Å²) in [5.41, 5.74) is 1.07. The van der Waals surface area contributed by atoms with Crippen molar-refractivity contribution in [2.75, 3.05) is 6.61 Å². The third-order valence-corrected chi connectivity index (χ3v) is 5.03. The summed E-state index contributed by atoms with van der Waals surface area (Å²) in [6.45, 7) is 0.705. The lowest BCUT2D eigenvalue weighted by Crippen LogP contribution is -2.46. The van der Waals surface area contributed by atoms with Crippen molar-refractivity contribution in [2.24, 2.45) is 5.92 Å². The minimum absolute atomic E-state index is 0.226. The molecule has 0 aromatic heterocycles. The van der Waals surface area contributed by atoms with Crippen LogP contribution in [0.2, 0.25) is 0 Å². The molecule has 3 nitrogen and oxygen atoms in total. The molecule has 1 aromatic rings. The van der Waals surface area contributed by atoms with Crippen molar-refractivity contribution in [3.8, 4) is 0 Å². The third kappa shape index (κ3) is 1.57. The van der Waals surface area contributed by atoms with Crippen molar-refractivity contribution < 1.29 is 9.53 Å². The molecular formula is C16H19NO2. The van der Waals surface area contributed by atoms with E-state index < -0.39 is 0 Å². The van der Waals surface area contributed by atoms with E-state index in [4.69, 9.17) is 4.74 Å². The fourth-order valence-corrected chi connectivity index (χ4v) is 4.25. The number of benzene rings is 1. The number of carbonyl (C=O) groups is 1. The Morgan fingerprint density at radius 1 is 1.32 bits per heavy atom. The quantitative estimate of drug-likeness (QED) is 0.814. The van der Waals surface area contributed by atoms with Crippen LogP contribution in [0, 0.1) is 5.92 Å². The molecule has 100 valence electrons. The standard InChI is InChI=1S/C16H19NO2/c18-15-10-13-7-4-8-16(13)17(15)14(11-19-16)9-12-5-2-1-3-6-12/h1-3,5-6,13-14H,4,7-11H2/t13-,14-,16+/m0/s1. The number of carbonyl (C=O) groups excluding carboxylic acids is 1. The molecule has 2 aliphatic heterocycles. The van der Waals surface area contributed by atoms with Gasteiger partial charge in [-0.05, 0) is 31.2 Å². The van der Waals surface area contributed by atoms with E-state index >= 15 is 0 Å². The number of hydrogen-bond donors (Lipinski definition) is 0. The topological polar surface area (TPSA) is 29.5 Å². The summed E-state index contributed by atoms with van der Waals surface area (Å²) >= 11 is 0. The molecule has 4 rings (SSSR count). The Morgan fingerprint density at radius 2 is 2.16 bits per heavy atom. The zero-order chi connectivity index (χ0) is 12.9. The fourth-order valence-electron chi connectivity index (χ4n) is 4.25. The molecule has 0 N–H and O–H groups in total. The maximum Gasteiger partial charge on any atom is 0.225 e. The Hall–Kier alpha value is -1.35. The molecule has 1 aromatic carbocycles. The number of ether oxygens (including phenoxy) is 1. The number of nitrogens with zero attached hydrogens (tertiary/aromatic N) is 1. The summed E-state index contributed by atoms with van der Waals surface area (Å²) in [4.78, 5) is 14.4. The highest BCUT2D eigenvalue weighted by Gasteiger charge is 2.61. The molecule has 1 amide bonds. The Labute approximate surface area is 113 Å². The summed E-state index contributed by atoms with van der Waals surface area (Å²) in [6.07, 6.45) is 5.01. The average molecular weight is 257 g/mol. The Bertz CT molecular complexity index is 501. The van der Waals surface area contributed by atoms with Gasteiger partial charge in [0.05, 0.1) is 12.6 Å². The summed E-state index contributed by atoms with van der Waals surface area (Å²) in [7, 11) is 0. The van der Waals surface area contributed by atoms with Crippen LogP contribution in [-0.2, 0) is 16.0 Å². The van der Waals surface area contributed by atoms with Crippen LogP contribution in [0.25, 0.3) is 0 Å². The molecule has 1 spiro atoms. The molecule has 1 saturated carbocycles. The Balaban J connectivity index is 1.61. The normalized spacial score (nSPS) is 36.6. The van der Waals surface area contributed by atoms with Crippen molar-refractivity contribution >= 4 is 5.91 Å². The predicted molar refractivity (Wildman–Crippen MR) is 71.4 cm³/mol. The highest BCUT2D eigenvalue weighted by atomic mass is 16.5.